The average Bonchev–Trinajstić information content (AvgIpc) is 2.89. The molecule has 0 atom stereocenters. The zero-order valence-electron chi connectivity index (χ0n) is 9.96. The highest BCUT2D eigenvalue weighted by atomic mass is 16.6. The van der Waals surface area contributed by atoms with Crippen LogP contribution in [0.4, 0.5) is 11.4 Å². The highest BCUT2D eigenvalue weighted by Crippen LogP contribution is 2.31. The van der Waals surface area contributed by atoms with E-state index in [2.05, 4.69) is 0 Å². The lowest BCUT2D eigenvalue weighted by atomic mass is 10.1. The number of nitro benzene ring substituents is 1. The van der Waals surface area contributed by atoms with E-state index in [4.69, 9.17) is 0 Å². The Labute approximate surface area is 105 Å². The maximum absolute atomic E-state index is 11.1. The molecule has 0 N–H and O–H groups in total. The van der Waals surface area contributed by atoms with Crippen LogP contribution in [0, 0.1) is 10.1 Å². The first kappa shape index (κ1) is 12.3. The molecule has 18 heavy (non-hydrogen) atoms. The van der Waals surface area contributed by atoms with E-state index >= 15 is 0 Å². The van der Waals surface area contributed by atoms with Crippen LogP contribution in [0.1, 0.15) is 18.4 Å². The van der Waals surface area contributed by atoms with Crippen molar-refractivity contribution in [1.82, 2.24) is 0 Å². The summed E-state index contributed by atoms with van der Waals surface area (Å²) in [6.07, 6.45) is 3.86. The summed E-state index contributed by atoms with van der Waals surface area (Å²) >= 11 is 0. The van der Waals surface area contributed by atoms with E-state index in [0.717, 1.165) is 31.5 Å². The first-order valence-corrected chi connectivity index (χ1v) is 5.94. The zero-order chi connectivity index (χ0) is 13.0. The van der Waals surface area contributed by atoms with Crippen LogP contribution in [-0.4, -0.2) is 24.0 Å². The van der Waals surface area contributed by atoms with Gasteiger partial charge in [0.2, 0.25) is 0 Å². The molecule has 1 heterocycles. The molecule has 2 rings (SSSR count). The van der Waals surface area contributed by atoms with E-state index in [9.17, 15) is 14.9 Å². The van der Waals surface area contributed by atoms with Crippen molar-refractivity contribution in [2.24, 2.45) is 0 Å². The number of anilines is 1. The first-order chi connectivity index (χ1) is 8.72. The summed E-state index contributed by atoms with van der Waals surface area (Å²) < 4.78 is 0. The number of hydrogen-bond donors (Lipinski definition) is 0. The fourth-order valence-electron chi connectivity index (χ4n) is 2.23. The Hall–Kier alpha value is -2.13. The van der Waals surface area contributed by atoms with E-state index in [0.29, 0.717) is 12.1 Å². The molecule has 1 aromatic carbocycles. The summed E-state index contributed by atoms with van der Waals surface area (Å²) in [7, 11) is 0. The van der Waals surface area contributed by atoms with Gasteiger partial charge in [0.1, 0.15) is 11.6 Å². The van der Waals surface area contributed by atoms with Gasteiger partial charge in [-0.15, -0.1) is 0 Å². The number of allylic oxidation sites excluding steroid dienone is 1. The molecule has 1 aliphatic rings. The molecule has 0 unspecified atom stereocenters. The van der Waals surface area contributed by atoms with E-state index in [-0.39, 0.29) is 10.6 Å². The maximum Gasteiger partial charge on any atom is 0.292 e. The summed E-state index contributed by atoms with van der Waals surface area (Å²) in [4.78, 5) is 22.9. The highest BCUT2D eigenvalue weighted by molar-refractivity contribution is 5.65. The largest absolute Gasteiger partial charge is 0.366 e. The van der Waals surface area contributed by atoms with Gasteiger partial charge in [-0.1, -0.05) is 6.07 Å². The molecule has 0 spiro atoms. The van der Waals surface area contributed by atoms with Gasteiger partial charge in [0, 0.05) is 31.7 Å². The number of nitrogens with zero attached hydrogens (tertiary/aromatic N) is 2. The van der Waals surface area contributed by atoms with Gasteiger partial charge < -0.3 is 4.90 Å². The van der Waals surface area contributed by atoms with Crippen LogP contribution in [0.15, 0.2) is 24.3 Å². The van der Waals surface area contributed by atoms with Crippen molar-refractivity contribution >= 4 is 17.3 Å². The van der Waals surface area contributed by atoms with Crippen molar-refractivity contribution in [3.8, 4) is 0 Å². The number of carbonyl (C=O) groups excluding carboxylic acids is 1. The summed E-state index contributed by atoms with van der Waals surface area (Å²) in [5.74, 6) is 1.68. The first-order valence-electron chi connectivity index (χ1n) is 5.94. The fraction of sp³-hybridized carbons (Fsp3) is 0.385. The van der Waals surface area contributed by atoms with Crippen molar-refractivity contribution in [1.29, 1.82) is 0 Å². The Bertz CT molecular complexity index is 501. The zero-order valence-corrected chi connectivity index (χ0v) is 9.96. The molecule has 0 bridgehead atoms. The molecule has 1 saturated heterocycles. The summed E-state index contributed by atoms with van der Waals surface area (Å²) in [5.41, 5.74) is 1.55. The SMILES string of the molecule is O=C=CCc1ccc(N2CCCC2)c([N+](=O)[O-])c1. The highest BCUT2D eigenvalue weighted by Gasteiger charge is 2.22. The second kappa shape index (κ2) is 5.47. The van der Waals surface area contributed by atoms with Crippen molar-refractivity contribution in [3.05, 3.63) is 40.0 Å². The second-order valence-corrected chi connectivity index (χ2v) is 4.30. The molecule has 0 radical (unpaired) electrons. The molecule has 1 aromatic rings. The van der Waals surface area contributed by atoms with Crippen LogP contribution in [0.5, 0.6) is 0 Å². The normalized spacial score (nSPS) is 14.3. The Morgan fingerprint density at radius 3 is 2.72 bits per heavy atom. The monoisotopic (exact) mass is 246 g/mol. The molecule has 1 fully saturated rings. The topological polar surface area (TPSA) is 63.5 Å². The van der Waals surface area contributed by atoms with Gasteiger partial charge in [-0.25, -0.2) is 4.79 Å². The molecule has 94 valence electrons. The van der Waals surface area contributed by atoms with E-state index in [1.54, 1.807) is 18.1 Å². The Balaban J connectivity index is 2.34. The lowest BCUT2D eigenvalue weighted by molar-refractivity contribution is -0.384. The number of benzene rings is 1. The van der Waals surface area contributed by atoms with Gasteiger partial charge in [-0.05, 0) is 24.5 Å². The minimum atomic E-state index is -0.359. The van der Waals surface area contributed by atoms with Crippen LogP contribution in [0.2, 0.25) is 0 Å². The Morgan fingerprint density at radius 2 is 2.11 bits per heavy atom. The third-order valence-corrected chi connectivity index (χ3v) is 3.10. The molecule has 0 amide bonds. The van der Waals surface area contributed by atoms with Crippen molar-refractivity contribution in [2.75, 3.05) is 18.0 Å². The van der Waals surface area contributed by atoms with Crippen molar-refractivity contribution < 1.29 is 9.72 Å². The van der Waals surface area contributed by atoms with Crippen LogP contribution >= 0.6 is 0 Å². The van der Waals surface area contributed by atoms with Crippen LogP contribution in [0.3, 0.4) is 0 Å². The lowest BCUT2D eigenvalue weighted by Crippen LogP contribution is -2.18. The van der Waals surface area contributed by atoms with Crippen LogP contribution in [0.25, 0.3) is 0 Å². The third-order valence-electron chi connectivity index (χ3n) is 3.10. The maximum atomic E-state index is 11.1. The quantitative estimate of drug-likeness (QED) is 0.464. The van der Waals surface area contributed by atoms with E-state index < -0.39 is 0 Å². The molecule has 1 aliphatic heterocycles. The molecular formula is C13H14N2O3. The fourth-order valence-corrected chi connectivity index (χ4v) is 2.23. The molecule has 5 nitrogen and oxygen atoms in total. The van der Waals surface area contributed by atoms with Crippen molar-refractivity contribution in [2.45, 2.75) is 19.3 Å². The Kier molecular flexibility index (Phi) is 3.75. The minimum Gasteiger partial charge on any atom is -0.366 e. The molecule has 0 aliphatic carbocycles. The van der Waals surface area contributed by atoms with Crippen LogP contribution < -0.4 is 4.90 Å². The van der Waals surface area contributed by atoms with Crippen molar-refractivity contribution in [3.63, 3.8) is 0 Å². The lowest BCUT2D eigenvalue weighted by Gasteiger charge is -2.17. The standard InChI is InChI=1S/C13H14N2O3/c16-9-3-4-11-5-6-12(13(10-11)15(17)18)14-7-1-2-8-14/h3,5-6,10H,1-2,4,7-8H2. The average molecular weight is 246 g/mol. The number of nitro groups is 1. The smallest absolute Gasteiger partial charge is 0.292 e. The van der Waals surface area contributed by atoms with Gasteiger partial charge in [-0.3, -0.25) is 10.1 Å². The molecule has 5 heteroatoms. The van der Waals surface area contributed by atoms with Crippen LogP contribution in [-0.2, 0) is 11.2 Å². The van der Waals surface area contributed by atoms with Gasteiger partial charge in [0.15, 0.2) is 0 Å². The summed E-state index contributed by atoms with van der Waals surface area (Å²) in [6.45, 7) is 1.74. The molecule has 0 saturated carbocycles. The molecule has 0 aromatic heterocycles. The molecular weight excluding hydrogens is 232 g/mol. The third kappa shape index (κ3) is 2.57. The Morgan fingerprint density at radius 1 is 1.39 bits per heavy atom. The van der Waals surface area contributed by atoms with Gasteiger partial charge in [0.05, 0.1) is 4.92 Å². The van der Waals surface area contributed by atoms with Gasteiger partial charge in [0.25, 0.3) is 5.69 Å². The minimum absolute atomic E-state index is 0.119. The van der Waals surface area contributed by atoms with E-state index in [1.807, 2.05) is 11.0 Å². The summed E-state index contributed by atoms with van der Waals surface area (Å²) in [6, 6.07) is 5.15. The predicted molar refractivity (Wildman–Crippen MR) is 68.5 cm³/mol. The number of rotatable bonds is 4. The summed E-state index contributed by atoms with van der Waals surface area (Å²) in [5, 5.41) is 11.1. The second-order valence-electron chi connectivity index (χ2n) is 4.30. The van der Waals surface area contributed by atoms with Gasteiger partial charge in [-0.2, -0.15) is 0 Å². The van der Waals surface area contributed by atoms with E-state index in [1.165, 1.54) is 6.08 Å². The number of hydrogen-bond acceptors (Lipinski definition) is 4. The van der Waals surface area contributed by atoms with Gasteiger partial charge >= 0.3 is 0 Å². The predicted octanol–water partition coefficient (Wildman–Crippen LogP) is 2.13.